The average Bonchev–Trinajstić information content (AvgIpc) is 3.51. The quantitative estimate of drug-likeness (QED) is 0.501. The highest BCUT2D eigenvalue weighted by atomic mass is 32.1. The third kappa shape index (κ3) is 4.70. The van der Waals surface area contributed by atoms with Crippen molar-refractivity contribution in [3.8, 4) is 0 Å². The summed E-state index contributed by atoms with van der Waals surface area (Å²) in [7, 11) is 0. The van der Waals surface area contributed by atoms with E-state index < -0.39 is 0 Å². The molecule has 2 saturated heterocycles. The minimum absolute atomic E-state index is 0.0108. The summed E-state index contributed by atoms with van der Waals surface area (Å²) in [5.74, 6) is 0.143. The van der Waals surface area contributed by atoms with Crippen molar-refractivity contribution in [3.63, 3.8) is 0 Å². The number of piperazine rings is 1. The molecule has 10 nitrogen and oxygen atoms in total. The molecule has 0 unspecified atom stereocenters. The third-order valence-electron chi connectivity index (χ3n) is 6.85. The molecule has 5 rings (SSSR count). The maximum atomic E-state index is 13.2. The van der Waals surface area contributed by atoms with E-state index in [1.54, 1.807) is 15.9 Å². The first-order chi connectivity index (χ1) is 16.9. The van der Waals surface area contributed by atoms with Gasteiger partial charge in [0.25, 0.3) is 11.8 Å². The monoisotopic (exact) mass is 494 g/mol. The van der Waals surface area contributed by atoms with Crippen molar-refractivity contribution in [2.24, 2.45) is 0 Å². The summed E-state index contributed by atoms with van der Waals surface area (Å²) in [5.41, 5.74) is 3.06. The largest absolute Gasteiger partial charge is 0.337 e. The second kappa shape index (κ2) is 9.82. The molecule has 5 heterocycles. The van der Waals surface area contributed by atoms with E-state index in [2.05, 4.69) is 26.8 Å². The van der Waals surface area contributed by atoms with Crippen LogP contribution in [0.15, 0.2) is 24.1 Å². The molecule has 2 fully saturated rings. The molecule has 0 bridgehead atoms. The Morgan fingerprint density at radius 3 is 2.49 bits per heavy atom. The fourth-order valence-corrected chi connectivity index (χ4v) is 5.77. The van der Waals surface area contributed by atoms with Crippen molar-refractivity contribution in [1.29, 1.82) is 0 Å². The first kappa shape index (κ1) is 23.6. The summed E-state index contributed by atoms with van der Waals surface area (Å²) in [6, 6.07) is 1.84. The van der Waals surface area contributed by atoms with Gasteiger partial charge in [0.05, 0.1) is 16.4 Å². The van der Waals surface area contributed by atoms with Gasteiger partial charge in [0.2, 0.25) is 0 Å². The van der Waals surface area contributed by atoms with Gasteiger partial charge in [-0.3, -0.25) is 14.5 Å². The molecular formula is C24H30N8O2S. The van der Waals surface area contributed by atoms with Gasteiger partial charge in [-0.05, 0) is 26.7 Å². The number of hydrogen-bond donors (Lipinski definition) is 0. The van der Waals surface area contributed by atoms with E-state index >= 15 is 0 Å². The standard InChI is InChI=1S/C24H30N8O2S/c1-4-7-29-10-12-31(13-11-29)23(33)19-15-35-22(25-19)18-5-8-30(9-6-18)24(34)21-17(3)32-20(26-27-21)14-16(2)28-32/h4,14-15,18H,1,5-13H2,2-3H3. The van der Waals surface area contributed by atoms with E-state index in [9.17, 15) is 9.59 Å². The van der Waals surface area contributed by atoms with Crippen LogP contribution in [0.2, 0.25) is 0 Å². The van der Waals surface area contributed by atoms with E-state index in [0.717, 1.165) is 43.2 Å². The number of amides is 2. The normalized spacial score (nSPS) is 17.8. The van der Waals surface area contributed by atoms with Crippen molar-refractivity contribution in [3.05, 3.63) is 51.9 Å². The van der Waals surface area contributed by atoms with Gasteiger partial charge in [0, 0.05) is 63.2 Å². The van der Waals surface area contributed by atoms with Crippen LogP contribution in [0.1, 0.15) is 56.1 Å². The molecule has 0 aliphatic carbocycles. The van der Waals surface area contributed by atoms with Gasteiger partial charge in [-0.2, -0.15) is 5.10 Å². The highest BCUT2D eigenvalue weighted by Gasteiger charge is 2.30. The Labute approximate surface area is 208 Å². The lowest BCUT2D eigenvalue weighted by Gasteiger charge is -2.33. The smallest absolute Gasteiger partial charge is 0.276 e. The van der Waals surface area contributed by atoms with E-state index in [4.69, 9.17) is 4.98 Å². The number of fused-ring (bicyclic) bond motifs is 1. The lowest BCUT2D eigenvalue weighted by atomic mass is 9.97. The van der Waals surface area contributed by atoms with Gasteiger partial charge in [-0.1, -0.05) is 6.08 Å². The van der Waals surface area contributed by atoms with Crippen LogP contribution in [0.25, 0.3) is 5.65 Å². The summed E-state index contributed by atoms with van der Waals surface area (Å²) in [5, 5.41) is 15.6. The zero-order valence-electron chi connectivity index (χ0n) is 20.2. The van der Waals surface area contributed by atoms with Crippen LogP contribution < -0.4 is 0 Å². The molecule has 0 radical (unpaired) electrons. The number of carbonyl (C=O) groups is 2. The van der Waals surface area contributed by atoms with E-state index in [0.29, 0.717) is 48.9 Å². The van der Waals surface area contributed by atoms with Gasteiger partial charge < -0.3 is 9.80 Å². The fourth-order valence-electron chi connectivity index (χ4n) is 4.81. The molecule has 0 spiro atoms. The summed E-state index contributed by atoms with van der Waals surface area (Å²) in [6.07, 6.45) is 3.52. The maximum absolute atomic E-state index is 13.2. The minimum atomic E-state index is -0.117. The van der Waals surface area contributed by atoms with Crippen molar-refractivity contribution in [2.75, 3.05) is 45.8 Å². The number of hydrogen-bond acceptors (Lipinski definition) is 8. The van der Waals surface area contributed by atoms with Crippen LogP contribution in [-0.2, 0) is 0 Å². The Morgan fingerprint density at radius 2 is 1.77 bits per heavy atom. The zero-order chi connectivity index (χ0) is 24.5. The predicted octanol–water partition coefficient (Wildman–Crippen LogP) is 2.16. The Balaban J connectivity index is 1.19. The number of nitrogens with zero attached hydrogens (tertiary/aromatic N) is 8. The number of likely N-dealkylation sites (tertiary alicyclic amines) is 1. The molecule has 0 atom stereocenters. The number of thiazole rings is 1. The van der Waals surface area contributed by atoms with E-state index in [-0.39, 0.29) is 17.7 Å². The molecule has 0 aromatic carbocycles. The highest BCUT2D eigenvalue weighted by molar-refractivity contribution is 7.09. The summed E-state index contributed by atoms with van der Waals surface area (Å²) >= 11 is 1.55. The summed E-state index contributed by atoms with van der Waals surface area (Å²) in [6.45, 7) is 12.8. The second-order valence-corrected chi connectivity index (χ2v) is 10.1. The number of carbonyl (C=O) groups excluding carboxylic acids is 2. The SMILES string of the molecule is C=CCN1CCN(C(=O)c2csc(C3CCN(C(=O)c4nnc5cc(C)nn5c4C)CC3)n2)CC1. The average molecular weight is 495 g/mol. The minimum Gasteiger partial charge on any atom is -0.337 e. The lowest BCUT2D eigenvalue weighted by Crippen LogP contribution is -2.48. The van der Waals surface area contributed by atoms with Crippen LogP contribution in [0.5, 0.6) is 0 Å². The van der Waals surface area contributed by atoms with Crippen LogP contribution in [0.3, 0.4) is 0 Å². The van der Waals surface area contributed by atoms with Gasteiger partial charge in [0.15, 0.2) is 11.3 Å². The summed E-state index contributed by atoms with van der Waals surface area (Å²) < 4.78 is 1.68. The van der Waals surface area contributed by atoms with Crippen LogP contribution in [0, 0.1) is 13.8 Å². The van der Waals surface area contributed by atoms with Crippen LogP contribution in [0.4, 0.5) is 0 Å². The molecule has 2 amide bonds. The molecule has 184 valence electrons. The van der Waals surface area contributed by atoms with Crippen LogP contribution in [-0.4, -0.2) is 97.1 Å². The Hall–Kier alpha value is -3.18. The molecule has 3 aromatic rings. The first-order valence-corrected chi connectivity index (χ1v) is 12.9. The number of aromatic nitrogens is 5. The molecule has 3 aromatic heterocycles. The fraction of sp³-hybridized carbons (Fsp3) is 0.500. The van der Waals surface area contributed by atoms with Gasteiger partial charge >= 0.3 is 0 Å². The van der Waals surface area contributed by atoms with E-state index in [1.807, 2.05) is 41.2 Å². The van der Waals surface area contributed by atoms with Crippen molar-refractivity contribution in [2.45, 2.75) is 32.6 Å². The Kier molecular flexibility index (Phi) is 6.61. The molecule has 11 heteroatoms. The lowest BCUT2D eigenvalue weighted by molar-refractivity contribution is 0.0645. The van der Waals surface area contributed by atoms with Crippen molar-refractivity contribution < 1.29 is 9.59 Å². The van der Waals surface area contributed by atoms with Crippen molar-refractivity contribution >= 4 is 28.8 Å². The number of piperidine rings is 1. The maximum Gasteiger partial charge on any atom is 0.276 e. The molecular weight excluding hydrogens is 464 g/mol. The van der Waals surface area contributed by atoms with E-state index in [1.165, 1.54) is 0 Å². The molecule has 2 aliphatic heterocycles. The number of rotatable bonds is 5. The molecule has 2 aliphatic rings. The summed E-state index contributed by atoms with van der Waals surface area (Å²) in [4.78, 5) is 36.8. The van der Waals surface area contributed by atoms with Crippen molar-refractivity contribution in [1.82, 2.24) is 39.5 Å². The predicted molar refractivity (Wildman–Crippen MR) is 133 cm³/mol. The molecule has 0 N–H and O–H groups in total. The third-order valence-corrected chi connectivity index (χ3v) is 7.85. The zero-order valence-corrected chi connectivity index (χ0v) is 21.0. The molecule has 35 heavy (non-hydrogen) atoms. The second-order valence-electron chi connectivity index (χ2n) is 9.21. The van der Waals surface area contributed by atoms with Gasteiger partial charge in [-0.15, -0.1) is 28.1 Å². The Bertz CT molecular complexity index is 1250. The Morgan fingerprint density at radius 1 is 1.06 bits per heavy atom. The number of aryl methyl sites for hydroxylation is 2. The first-order valence-electron chi connectivity index (χ1n) is 12.0. The highest BCUT2D eigenvalue weighted by Crippen LogP contribution is 2.31. The van der Waals surface area contributed by atoms with Crippen LogP contribution >= 0.6 is 11.3 Å². The van der Waals surface area contributed by atoms with Gasteiger partial charge in [0.1, 0.15) is 5.69 Å². The topological polar surface area (TPSA) is 99.8 Å². The molecule has 0 saturated carbocycles. The van der Waals surface area contributed by atoms with Gasteiger partial charge in [-0.25, -0.2) is 9.50 Å².